The van der Waals surface area contributed by atoms with E-state index in [9.17, 15) is 0 Å². The average molecular weight is 260 g/mol. The molecular weight excluding hydrogens is 255 g/mol. The molecule has 0 aromatic carbocycles. The molecule has 0 spiro atoms. The summed E-state index contributed by atoms with van der Waals surface area (Å²) < 4.78 is 0.657. The molecule has 1 heteroatoms. The second-order valence-corrected chi connectivity index (χ2v) is 2.69. The van der Waals surface area contributed by atoms with E-state index in [0.717, 1.165) is 0 Å². The SMILES string of the molecule is [Pt+3][CH]1C=CC=C1. The van der Waals surface area contributed by atoms with Gasteiger partial charge in [-0.15, -0.1) is 0 Å². The van der Waals surface area contributed by atoms with E-state index in [2.05, 4.69) is 44.1 Å². The molecule has 0 nitrogen and oxygen atoms in total. The normalized spacial score (nSPS) is 20.2. The molecule has 0 saturated carbocycles. The third-order valence-corrected chi connectivity index (χ3v) is 1.55. The molecule has 0 bridgehead atoms. The maximum atomic E-state index is 2.34. The van der Waals surface area contributed by atoms with Gasteiger partial charge in [-0.2, -0.15) is 0 Å². The zero-order chi connectivity index (χ0) is 4.41. The van der Waals surface area contributed by atoms with Crippen LogP contribution in [0.3, 0.4) is 0 Å². The summed E-state index contributed by atoms with van der Waals surface area (Å²) in [7, 11) is 0. The van der Waals surface area contributed by atoms with Crippen LogP contribution in [0.25, 0.3) is 0 Å². The first-order valence-corrected chi connectivity index (χ1v) is 3.16. The molecule has 0 amide bonds. The van der Waals surface area contributed by atoms with Gasteiger partial charge in [0, 0.05) is 0 Å². The molecule has 0 unspecified atom stereocenters. The first kappa shape index (κ1) is 4.33. The van der Waals surface area contributed by atoms with Gasteiger partial charge >= 0.3 is 48.4 Å². The van der Waals surface area contributed by atoms with Crippen LogP contribution in [0.5, 0.6) is 0 Å². The van der Waals surface area contributed by atoms with Gasteiger partial charge in [0.05, 0.1) is 0 Å². The molecule has 1 aliphatic rings. The van der Waals surface area contributed by atoms with Crippen LogP contribution in [0.2, 0.25) is 4.31 Å². The van der Waals surface area contributed by atoms with E-state index in [1.165, 1.54) is 0 Å². The summed E-state index contributed by atoms with van der Waals surface area (Å²) in [4.78, 5) is 0. The standard InChI is InChI=1S/C5H5.Pt/c1-2-4-5-3-1;/h1-5H;/q;+3. The Hall–Kier alpha value is 0.168. The number of hydrogen-bond donors (Lipinski definition) is 0. The van der Waals surface area contributed by atoms with Crippen LogP contribution in [-0.2, 0) is 19.8 Å². The van der Waals surface area contributed by atoms with Crippen LogP contribution in [0.1, 0.15) is 0 Å². The summed E-state index contributed by atoms with van der Waals surface area (Å²) in [6, 6.07) is 0. The minimum atomic E-state index is 0.657. The van der Waals surface area contributed by atoms with Crippen molar-refractivity contribution >= 4 is 0 Å². The van der Waals surface area contributed by atoms with Crippen molar-refractivity contribution in [3.8, 4) is 0 Å². The van der Waals surface area contributed by atoms with E-state index in [1.54, 1.807) is 0 Å². The molecule has 0 radical (unpaired) electrons. The summed E-state index contributed by atoms with van der Waals surface area (Å²) in [5, 5.41) is 0. The number of rotatable bonds is 0. The molecule has 1 aliphatic carbocycles. The molecule has 0 aromatic rings. The van der Waals surface area contributed by atoms with E-state index < -0.39 is 0 Å². The zero-order valence-corrected chi connectivity index (χ0v) is 5.48. The summed E-state index contributed by atoms with van der Waals surface area (Å²) in [5.41, 5.74) is 0. The monoisotopic (exact) mass is 260 g/mol. The van der Waals surface area contributed by atoms with Crippen molar-refractivity contribution in [3.05, 3.63) is 24.3 Å². The van der Waals surface area contributed by atoms with Gasteiger partial charge in [0.1, 0.15) is 0 Å². The fourth-order valence-corrected chi connectivity index (χ4v) is 0.896. The Kier molecular flexibility index (Phi) is 1.26. The van der Waals surface area contributed by atoms with Crippen molar-refractivity contribution in [2.45, 2.75) is 4.31 Å². The van der Waals surface area contributed by atoms with Crippen molar-refractivity contribution in [1.82, 2.24) is 0 Å². The molecule has 0 heterocycles. The van der Waals surface area contributed by atoms with E-state index >= 15 is 0 Å². The van der Waals surface area contributed by atoms with Gasteiger partial charge in [-0.3, -0.25) is 0 Å². The van der Waals surface area contributed by atoms with Gasteiger partial charge in [0.25, 0.3) is 0 Å². The van der Waals surface area contributed by atoms with Crippen molar-refractivity contribution in [2.24, 2.45) is 0 Å². The first-order valence-electron chi connectivity index (χ1n) is 1.85. The Morgan fingerprint density at radius 3 is 1.83 bits per heavy atom. The van der Waals surface area contributed by atoms with Crippen molar-refractivity contribution < 1.29 is 19.8 Å². The predicted octanol–water partition coefficient (Wildman–Crippen LogP) is 1.45. The van der Waals surface area contributed by atoms with Crippen LogP contribution < -0.4 is 0 Å². The van der Waals surface area contributed by atoms with Crippen LogP contribution in [0.15, 0.2) is 24.3 Å². The zero-order valence-electron chi connectivity index (χ0n) is 3.20. The Morgan fingerprint density at radius 1 is 1.17 bits per heavy atom. The summed E-state index contributed by atoms with van der Waals surface area (Å²) in [5.74, 6) is 0. The van der Waals surface area contributed by atoms with E-state index in [0.29, 0.717) is 4.31 Å². The van der Waals surface area contributed by atoms with Gasteiger partial charge in [-0.1, -0.05) is 0 Å². The Labute approximate surface area is 48.8 Å². The molecule has 32 valence electrons. The van der Waals surface area contributed by atoms with Crippen molar-refractivity contribution in [1.29, 1.82) is 0 Å². The van der Waals surface area contributed by atoms with Gasteiger partial charge in [-0.25, -0.2) is 0 Å². The topological polar surface area (TPSA) is 0 Å². The summed E-state index contributed by atoms with van der Waals surface area (Å²) >= 11 is 2.34. The van der Waals surface area contributed by atoms with Gasteiger partial charge in [0.2, 0.25) is 0 Å². The molecule has 6 heavy (non-hydrogen) atoms. The summed E-state index contributed by atoms with van der Waals surface area (Å²) in [6.07, 6.45) is 8.44. The predicted molar refractivity (Wildman–Crippen MR) is 22.0 cm³/mol. The van der Waals surface area contributed by atoms with E-state index in [4.69, 9.17) is 0 Å². The molecule has 0 atom stereocenters. The second-order valence-electron chi connectivity index (χ2n) is 1.17. The molecule has 0 fully saturated rings. The number of hydrogen-bond acceptors (Lipinski definition) is 0. The summed E-state index contributed by atoms with van der Waals surface area (Å²) in [6.45, 7) is 0. The average Bonchev–Trinajstić information content (AvgIpc) is 1.86. The molecule has 0 aliphatic heterocycles. The quantitative estimate of drug-likeness (QED) is 0.618. The van der Waals surface area contributed by atoms with Crippen LogP contribution in [0, 0.1) is 0 Å². The molecule has 0 saturated heterocycles. The van der Waals surface area contributed by atoms with Crippen LogP contribution in [-0.4, -0.2) is 0 Å². The van der Waals surface area contributed by atoms with Gasteiger partial charge in [0.15, 0.2) is 0 Å². The van der Waals surface area contributed by atoms with Gasteiger partial charge < -0.3 is 0 Å². The Morgan fingerprint density at radius 2 is 1.67 bits per heavy atom. The van der Waals surface area contributed by atoms with E-state index in [-0.39, 0.29) is 0 Å². The van der Waals surface area contributed by atoms with Crippen LogP contribution >= 0.6 is 0 Å². The molecular formula is C5H5Pt+3. The van der Waals surface area contributed by atoms with Gasteiger partial charge in [-0.05, 0) is 0 Å². The fraction of sp³-hybridized carbons (Fsp3) is 0.200. The van der Waals surface area contributed by atoms with Crippen molar-refractivity contribution in [2.75, 3.05) is 0 Å². The minimum absolute atomic E-state index is 0.657. The van der Waals surface area contributed by atoms with E-state index in [1.807, 2.05) is 0 Å². The second kappa shape index (κ2) is 1.75. The molecule has 0 aromatic heterocycles. The Bertz CT molecular complexity index is 80.1. The number of allylic oxidation sites excluding steroid dienone is 4. The van der Waals surface area contributed by atoms with Crippen LogP contribution in [0.4, 0.5) is 0 Å². The van der Waals surface area contributed by atoms with Crippen molar-refractivity contribution in [3.63, 3.8) is 0 Å². The Balaban J connectivity index is 2.60. The molecule has 0 N–H and O–H groups in total. The fourth-order valence-electron chi connectivity index (χ4n) is 0.391. The molecule has 1 rings (SSSR count). The third kappa shape index (κ3) is 0.814. The maximum absolute atomic E-state index is 2.34. The first-order chi connectivity index (χ1) is 2.89. The third-order valence-electron chi connectivity index (χ3n) is 0.677.